The van der Waals surface area contributed by atoms with Crippen molar-refractivity contribution in [2.24, 2.45) is 71.0 Å². The SMILES string of the molecule is C=C(Nc1ccc(COC(=O)N(C)[C@H](C(=O)C(=C)C(C(=C)C(C)C(C(C)CC)C(CC(=O)C2CCCC2C(OC)C(C)C(=O)C[C@H](C)[C@@H](C)c2ccccc2)OC)C(C)C)C(C)C)cc1C(=O)NCCC1C(=O)CC(CC)C1=O)OC1/C=C/CCCCC1. The molecule has 14 heteroatoms. The lowest BCUT2D eigenvalue weighted by molar-refractivity contribution is -0.135. The van der Waals surface area contributed by atoms with Crippen molar-refractivity contribution in [3.05, 3.63) is 114 Å². The van der Waals surface area contributed by atoms with Crippen molar-refractivity contribution in [2.45, 2.75) is 203 Å². The van der Waals surface area contributed by atoms with Crippen molar-refractivity contribution < 1.29 is 52.5 Å². The predicted molar refractivity (Wildman–Crippen MR) is 350 cm³/mol. The number of methoxy groups -OCH3 is 2. The topological polar surface area (TPSA) is 184 Å². The molecule has 2 aromatic carbocycles. The average molecular weight is 1220 g/mol. The maximum Gasteiger partial charge on any atom is 0.410 e. The number of benzene rings is 2. The van der Waals surface area contributed by atoms with Crippen LogP contribution < -0.4 is 10.6 Å². The van der Waals surface area contributed by atoms with Gasteiger partial charge in [-0.25, -0.2) is 4.79 Å². The second kappa shape index (κ2) is 34.8. The first kappa shape index (κ1) is 72.8. The third kappa shape index (κ3) is 19.0. The largest absolute Gasteiger partial charge is 0.472 e. The molecule has 0 spiro atoms. The van der Waals surface area contributed by atoms with Gasteiger partial charge < -0.3 is 34.5 Å². The van der Waals surface area contributed by atoms with Crippen LogP contribution in [0.1, 0.15) is 193 Å². The third-order valence-corrected chi connectivity index (χ3v) is 20.1. The average Bonchev–Trinajstić information content (AvgIpc) is 3.66. The van der Waals surface area contributed by atoms with E-state index in [9.17, 15) is 28.8 Å². The van der Waals surface area contributed by atoms with Crippen molar-refractivity contribution in [1.29, 1.82) is 0 Å². The van der Waals surface area contributed by atoms with E-state index in [1.165, 1.54) is 10.5 Å². The number of likely N-dealkylation sites (N-methyl/N-ethyl adjacent to an activating group) is 1. The smallest absolute Gasteiger partial charge is 0.410 e. The summed E-state index contributed by atoms with van der Waals surface area (Å²) >= 11 is 0. The number of rotatable bonds is 35. The Hall–Kier alpha value is -5.99. The predicted octanol–water partition coefficient (Wildman–Crippen LogP) is 15.1. The van der Waals surface area contributed by atoms with Crippen molar-refractivity contribution in [2.75, 3.05) is 33.1 Å². The van der Waals surface area contributed by atoms with Crippen LogP contribution in [0.2, 0.25) is 0 Å². The zero-order chi connectivity index (χ0) is 65.1. The van der Waals surface area contributed by atoms with Crippen LogP contribution in [0.15, 0.2) is 97.4 Å². The van der Waals surface area contributed by atoms with Gasteiger partial charge in [0.2, 0.25) is 0 Å². The molecule has 2 amide bonds. The Balaban J connectivity index is 1.28. The monoisotopic (exact) mass is 1220 g/mol. The number of ether oxygens (including phenoxy) is 4. The second-order valence-electron chi connectivity index (χ2n) is 26.7. The van der Waals surface area contributed by atoms with Gasteiger partial charge in [0.25, 0.3) is 5.91 Å². The van der Waals surface area contributed by atoms with Crippen LogP contribution in [0.4, 0.5) is 10.5 Å². The van der Waals surface area contributed by atoms with Gasteiger partial charge >= 0.3 is 6.09 Å². The Morgan fingerprint density at radius 2 is 1.49 bits per heavy atom. The molecule has 0 saturated heterocycles. The van der Waals surface area contributed by atoms with Crippen molar-refractivity contribution in [1.82, 2.24) is 10.2 Å². The normalized spacial score (nSPS) is 22.6. The van der Waals surface area contributed by atoms with Crippen molar-refractivity contribution in [3.8, 4) is 0 Å². The molecule has 14 nitrogen and oxygen atoms in total. The van der Waals surface area contributed by atoms with Gasteiger partial charge in [-0.15, -0.1) is 0 Å². The van der Waals surface area contributed by atoms with Gasteiger partial charge in [0.15, 0.2) is 11.7 Å². The van der Waals surface area contributed by atoms with E-state index in [1.807, 2.05) is 65.8 Å². The number of Topliss-reactive ketones (excluding diaryl/α,β-unsaturated/α-hetero) is 5. The van der Waals surface area contributed by atoms with Gasteiger partial charge in [0, 0.05) is 70.7 Å². The highest BCUT2D eigenvalue weighted by molar-refractivity contribution is 6.10. The molecule has 2 N–H and O–H groups in total. The first-order valence-electron chi connectivity index (χ1n) is 33.1. The Morgan fingerprint density at radius 3 is 2.11 bits per heavy atom. The molecule has 486 valence electrons. The number of carbonyl (C=O) groups excluding carboxylic acids is 7. The summed E-state index contributed by atoms with van der Waals surface area (Å²) in [5.41, 5.74) is 3.44. The van der Waals surface area contributed by atoms with Gasteiger partial charge in [-0.1, -0.05) is 157 Å². The van der Waals surface area contributed by atoms with E-state index in [4.69, 9.17) is 25.5 Å². The number of amides is 2. The zero-order valence-electron chi connectivity index (χ0n) is 56.0. The number of nitrogens with one attached hydrogen (secondary N) is 2. The van der Waals surface area contributed by atoms with E-state index < -0.39 is 42.1 Å². The first-order chi connectivity index (χ1) is 41.8. The summed E-state index contributed by atoms with van der Waals surface area (Å²) in [5, 5.41) is 6.07. The van der Waals surface area contributed by atoms with Gasteiger partial charge in [-0.2, -0.15) is 0 Å². The lowest BCUT2D eigenvalue weighted by atomic mass is 9.67. The molecule has 0 aromatic heterocycles. The fourth-order valence-corrected chi connectivity index (χ4v) is 14.4. The molecule has 2 aromatic rings. The number of carbonyl (C=O) groups is 7. The lowest BCUT2D eigenvalue weighted by Gasteiger charge is -2.40. The molecule has 5 rings (SSSR count). The maximum absolute atomic E-state index is 15.0. The fourth-order valence-electron chi connectivity index (χ4n) is 14.4. The van der Waals surface area contributed by atoms with Crippen LogP contribution in [0.3, 0.4) is 0 Å². The summed E-state index contributed by atoms with van der Waals surface area (Å²) in [6.07, 6.45) is 12.3. The molecule has 0 heterocycles. The number of nitrogens with zero attached hydrogens (tertiary/aromatic N) is 1. The molecule has 12 unspecified atom stereocenters. The Bertz CT molecular complexity index is 2750. The van der Waals surface area contributed by atoms with E-state index in [1.54, 1.807) is 39.5 Å². The van der Waals surface area contributed by atoms with Crippen LogP contribution in [0, 0.1) is 71.0 Å². The molecule has 88 heavy (non-hydrogen) atoms. The summed E-state index contributed by atoms with van der Waals surface area (Å²) in [6, 6.07) is 14.4. The molecular weight excluding hydrogens is 1110 g/mol. The van der Waals surface area contributed by atoms with Crippen molar-refractivity contribution >= 4 is 46.6 Å². The van der Waals surface area contributed by atoms with E-state index in [0.29, 0.717) is 29.7 Å². The number of anilines is 1. The van der Waals surface area contributed by atoms with E-state index >= 15 is 4.79 Å². The lowest BCUT2D eigenvalue weighted by Crippen LogP contribution is -2.47. The third-order valence-electron chi connectivity index (χ3n) is 20.1. The van der Waals surface area contributed by atoms with Crippen LogP contribution in [-0.4, -0.2) is 98.0 Å². The van der Waals surface area contributed by atoms with Crippen LogP contribution in [-0.2, 0) is 49.5 Å². The number of hydrogen-bond donors (Lipinski definition) is 2. The summed E-state index contributed by atoms with van der Waals surface area (Å²) < 4.78 is 24.6. The Kier molecular flexibility index (Phi) is 28.8. The van der Waals surface area contributed by atoms with Gasteiger partial charge in [0.1, 0.15) is 41.9 Å². The Morgan fingerprint density at radius 1 is 0.784 bits per heavy atom. The first-order valence-corrected chi connectivity index (χ1v) is 33.1. The molecular formula is C74H109N3O11. The van der Waals surface area contributed by atoms with E-state index in [0.717, 1.165) is 63.4 Å². The molecule has 3 aliphatic carbocycles. The summed E-state index contributed by atoms with van der Waals surface area (Å²) in [4.78, 5) is 98.9. The second-order valence-corrected chi connectivity index (χ2v) is 26.7. The zero-order valence-corrected chi connectivity index (χ0v) is 56.0. The molecule has 0 bridgehead atoms. The van der Waals surface area contributed by atoms with Gasteiger partial charge in [0.05, 0.1) is 29.4 Å². The number of allylic oxidation sites excluding steroid dienone is 2. The molecule has 2 fully saturated rings. The Labute approximate surface area is 528 Å². The summed E-state index contributed by atoms with van der Waals surface area (Å²) in [6.45, 7) is 35.5. The highest BCUT2D eigenvalue weighted by atomic mass is 16.6. The van der Waals surface area contributed by atoms with Crippen LogP contribution in [0.25, 0.3) is 0 Å². The molecule has 15 atom stereocenters. The minimum atomic E-state index is -0.952. The highest BCUT2D eigenvalue weighted by Gasteiger charge is 2.46. The van der Waals surface area contributed by atoms with Crippen LogP contribution >= 0.6 is 0 Å². The minimum absolute atomic E-state index is 0.0738. The summed E-state index contributed by atoms with van der Waals surface area (Å²) in [5.74, 6) is -3.09. The molecule has 0 radical (unpaired) electrons. The minimum Gasteiger partial charge on any atom is -0.472 e. The fraction of sp³-hybridized carbons (Fsp3) is 0.635. The molecule has 3 aliphatic rings. The van der Waals surface area contributed by atoms with Crippen molar-refractivity contribution in [3.63, 3.8) is 0 Å². The standard InChI is InChI=1S/C74H109N3O11/c1-18-46(7)68(66(85-16)42-65(80)58-33-28-34-59(58)72(86-17)51(12)63(78)39-47(8)48(9)56-29-24-23-25-30-56)50(11)49(10)67(44(3)4)52(13)70(81)69(45(5)6)77(15)74(84)87-43-54-35-36-62(76-53(14)88-57-31-26-21-20-22-27-32-57)61(40-54)73(83)75-38-37-60-64(79)41-55(19-2)71(60)82/h23-26,29-31,35-36,40,44-48,50-51,55,57-60,66-69,72,76H,10,13-14,18-22,27-28,32-34,37-39,41-43H2,1-9,11-12,15-17H3,(H,75,83)/b31-26+/t46?,47-,48+,50?,51?,55?,57?,58?,59?,60?,66?,67?,68?,69-,72?/m0/s1. The number of hydrogen-bond acceptors (Lipinski definition) is 12. The summed E-state index contributed by atoms with van der Waals surface area (Å²) in [7, 11) is 4.87. The quantitative estimate of drug-likeness (QED) is 0.0289. The van der Waals surface area contributed by atoms with Gasteiger partial charge in [-0.05, 0) is 140 Å². The van der Waals surface area contributed by atoms with E-state index in [-0.39, 0.29) is 144 Å². The molecule has 0 aliphatic heterocycles. The maximum atomic E-state index is 15.0. The van der Waals surface area contributed by atoms with Crippen LogP contribution in [0.5, 0.6) is 0 Å². The number of ketones is 5. The van der Waals surface area contributed by atoms with E-state index in [2.05, 4.69) is 76.6 Å². The van der Waals surface area contributed by atoms with Gasteiger partial charge in [-0.3, -0.25) is 28.8 Å². The highest BCUT2D eigenvalue weighted by Crippen LogP contribution is 2.44. The molecule has 2 saturated carbocycles.